The Morgan fingerprint density at radius 1 is 1.12 bits per heavy atom. The summed E-state index contributed by atoms with van der Waals surface area (Å²) in [6.07, 6.45) is 3.35. The van der Waals surface area contributed by atoms with Crippen molar-refractivity contribution in [3.8, 4) is 10.7 Å². The highest BCUT2D eigenvalue weighted by molar-refractivity contribution is 7.13. The molecule has 2 heterocycles. The van der Waals surface area contributed by atoms with Crippen LogP contribution in [0.25, 0.3) is 10.7 Å². The number of aromatic nitrogens is 2. The zero-order chi connectivity index (χ0) is 16.9. The molecule has 4 heteroatoms. The Balaban J connectivity index is 1.97. The van der Waals surface area contributed by atoms with Crippen LogP contribution < -0.4 is 5.56 Å². The van der Waals surface area contributed by atoms with Gasteiger partial charge in [0.1, 0.15) is 0 Å². The molecule has 24 heavy (non-hydrogen) atoms. The van der Waals surface area contributed by atoms with Crippen molar-refractivity contribution in [2.45, 2.75) is 33.2 Å². The predicted octanol–water partition coefficient (Wildman–Crippen LogP) is 4.41. The average molecular weight is 338 g/mol. The summed E-state index contributed by atoms with van der Waals surface area (Å²) in [6.45, 7) is 4.90. The molecule has 2 aromatic heterocycles. The van der Waals surface area contributed by atoms with Gasteiger partial charge in [-0.05, 0) is 35.8 Å². The largest absolute Gasteiger partial charge is 0.291 e. The van der Waals surface area contributed by atoms with Crippen LogP contribution in [0.2, 0.25) is 0 Å². The lowest BCUT2D eigenvalue weighted by molar-refractivity contribution is 0.611. The summed E-state index contributed by atoms with van der Waals surface area (Å²) >= 11 is 1.62. The van der Waals surface area contributed by atoms with Gasteiger partial charge in [0.2, 0.25) is 0 Å². The molecule has 0 saturated heterocycles. The molecule has 3 nitrogen and oxygen atoms in total. The summed E-state index contributed by atoms with van der Waals surface area (Å²) in [5.74, 6) is 1.22. The van der Waals surface area contributed by atoms with E-state index in [4.69, 9.17) is 0 Å². The van der Waals surface area contributed by atoms with Crippen LogP contribution in [0.3, 0.4) is 0 Å². The van der Waals surface area contributed by atoms with E-state index in [-0.39, 0.29) is 5.56 Å². The Bertz CT molecular complexity index is 836. The monoisotopic (exact) mass is 338 g/mol. The highest BCUT2D eigenvalue weighted by Gasteiger charge is 2.13. The second-order valence-electron chi connectivity index (χ2n) is 6.37. The number of hydrogen-bond donors (Lipinski definition) is 0. The van der Waals surface area contributed by atoms with E-state index in [0.717, 1.165) is 29.1 Å². The summed E-state index contributed by atoms with van der Waals surface area (Å²) in [5.41, 5.74) is 2.13. The average Bonchev–Trinajstić information content (AvgIpc) is 3.10. The van der Waals surface area contributed by atoms with E-state index < -0.39 is 0 Å². The smallest absolute Gasteiger partial charge is 0.256 e. The van der Waals surface area contributed by atoms with Crippen molar-refractivity contribution in [1.82, 2.24) is 9.55 Å². The minimum absolute atomic E-state index is 0.0954. The van der Waals surface area contributed by atoms with Crippen molar-refractivity contribution >= 4 is 11.3 Å². The normalized spacial score (nSPS) is 11.1. The highest BCUT2D eigenvalue weighted by Crippen LogP contribution is 2.22. The molecule has 0 aliphatic rings. The standard InChI is InChI=1S/C20H22N2OS/c1-15(2)13-17-14-21-19(18-9-6-12-24-18)22(20(17)23)11-10-16-7-4-3-5-8-16/h3-9,12,14-15H,10-11,13H2,1-2H3. The van der Waals surface area contributed by atoms with Crippen LogP contribution in [0.4, 0.5) is 0 Å². The summed E-state index contributed by atoms with van der Waals surface area (Å²) in [6, 6.07) is 14.3. The van der Waals surface area contributed by atoms with Crippen molar-refractivity contribution in [2.24, 2.45) is 5.92 Å². The molecule has 0 amide bonds. The summed E-state index contributed by atoms with van der Waals surface area (Å²) < 4.78 is 1.84. The molecular formula is C20H22N2OS. The number of aryl methyl sites for hydroxylation is 1. The van der Waals surface area contributed by atoms with Crippen LogP contribution in [0.15, 0.2) is 58.8 Å². The SMILES string of the molecule is CC(C)Cc1cnc(-c2cccs2)n(CCc2ccccc2)c1=O. The molecule has 3 aromatic rings. The summed E-state index contributed by atoms with van der Waals surface area (Å²) in [7, 11) is 0. The van der Waals surface area contributed by atoms with E-state index in [1.807, 2.05) is 40.3 Å². The number of hydrogen-bond acceptors (Lipinski definition) is 3. The van der Waals surface area contributed by atoms with Crippen LogP contribution in [0, 0.1) is 5.92 Å². The van der Waals surface area contributed by atoms with Gasteiger partial charge in [-0.15, -0.1) is 11.3 Å². The second kappa shape index (κ2) is 7.58. The number of nitrogens with zero attached hydrogens (tertiary/aromatic N) is 2. The molecule has 3 rings (SSSR count). The van der Waals surface area contributed by atoms with Gasteiger partial charge in [-0.3, -0.25) is 9.36 Å². The molecule has 124 valence electrons. The van der Waals surface area contributed by atoms with Gasteiger partial charge in [0.25, 0.3) is 5.56 Å². The maximum atomic E-state index is 13.0. The van der Waals surface area contributed by atoms with Crippen LogP contribution in [0.5, 0.6) is 0 Å². The Hall–Kier alpha value is -2.20. The van der Waals surface area contributed by atoms with Crippen LogP contribution in [-0.2, 0) is 19.4 Å². The third kappa shape index (κ3) is 3.82. The van der Waals surface area contributed by atoms with Crippen molar-refractivity contribution in [1.29, 1.82) is 0 Å². The number of thiophene rings is 1. The fraction of sp³-hybridized carbons (Fsp3) is 0.300. The van der Waals surface area contributed by atoms with E-state index in [1.54, 1.807) is 17.5 Å². The van der Waals surface area contributed by atoms with Crippen LogP contribution >= 0.6 is 11.3 Å². The first-order valence-electron chi connectivity index (χ1n) is 8.31. The van der Waals surface area contributed by atoms with E-state index >= 15 is 0 Å². The molecule has 0 N–H and O–H groups in total. The van der Waals surface area contributed by atoms with E-state index in [9.17, 15) is 4.79 Å². The van der Waals surface area contributed by atoms with Gasteiger partial charge >= 0.3 is 0 Å². The molecule has 0 radical (unpaired) electrons. The summed E-state index contributed by atoms with van der Waals surface area (Å²) in [4.78, 5) is 18.6. The third-order valence-corrected chi connectivity index (χ3v) is 4.82. The molecule has 0 unspecified atom stereocenters. The minimum Gasteiger partial charge on any atom is -0.291 e. The van der Waals surface area contributed by atoms with Gasteiger partial charge in [-0.1, -0.05) is 50.2 Å². The fourth-order valence-corrected chi connectivity index (χ4v) is 3.54. The van der Waals surface area contributed by atoms with E-state index in [0.29, 0.717) is 12.5 Å². The topological polar surface area (TPSA) is 34.9 Å². The fourth-order valence-electron chi connectivity index (χ4n) is 2.81. The maximum absolute atomic E-state index is 13.0. The van der Waals surface area contributed by atoms with Gasteiger partial charge in [0.05, 0.1) is 4.88 Å². The molecule has 0 spiro atoms. The van der Waals surface area contributed by atoms with Crippen LogP contribution in [0.1, 0.15) is 25.0 Å². The lowest BCUT2D eigenvalue weighted by Crippen LogP contribution is -2.27. The quantitative estimate of drug-likeness (QED) is 0.667. The first kappa shape index (κ1) is 16.7. The Morgan fingerprint density at radius 2 is 1.92 bits per heavy atom. The van der Waals surface area contributed by atoms with E-state index in [2.05, 4.69) is 31.0 Å². The van der Waals surface area contributed by atoms with Gasteiger partial charge in [0, 0.05) is 18.3 Å². The first-order valence-corrected chi connectivity index (χ1v) is 9.19. The Labute approximate surface area is 146 Å². The Morgan fingerprint density at radius 3 is 2.58 bits per heavy atom. The molecule has 0 fully saturated rings. The number of rotatable bonds is 6. The minimum atomic E-state index is 0.0954. The van der Waals surface area contributed by atoms with E-state index in [1.165, 1.54) is 5.56 Å². The molecule has 0 saturated carbocycles. The highest BCUT2D eigenvalue weighted by atomic mass is 32.1. The van der Waals surface area contributed by atoms with Crippen molar-refractivity contribution in [3.63, 3.8) is 0 Å². The first-order chi connectivity index (χ1) is 11.6. The van der Waals surface area contributed by atoms with Gasteiger partial charge in [0.15, 0.2) is 5.82 Å². The predicted molar refractivity (Wildman–Crippen MR) is 100 cm³/mol. The second-order valence-corrected chi connectivity index (χ2v) is 7.32. The van der Waals surface area contributed by atoms with Crippen molar-refractivity contribution in [3.05, 3.63) is 75.5 Å². The molecular weight excluding hydrogens is 316 g/mol. The van der Waals surface area contributed by atoms with Gasteiger partial charge in [-0.2, -0.15) is 0 Å². The maximum Gasteiger partial charge on any atom is 0.256 e. The summed E-state index contributed by atoms with van der Waals surface area (Å²) in [5, 5.41) is 2.02. The van der Waals surface area contributed by atoms with Gasteiger partial charge < -0.3 is 0 Å². The molecule has 0 aliphatic carbocycles. The molecule has 0 aliphatic heterocycles. The zero-order valence-corrected chi connectivity index (χ0v) is 14.9. The lowest BCUT2D eigenvalue weighted by Gasteiger charge is -2.14. The van der Waals surface area contributed by atoms with Crippen molar-refractivity contribution < 1.29 is 0 Å². The van der Waals surface area contributed by atoms with Crippen molar-refractivity contribution in [2.75, 3.05) is 0 Å². The zero-order valence-electron chi connectivity index (χ0n) is 14.1. The molecule has 0 bridgehead atoms. The molecule has 1 aromatic carbocycles. The van der Waals surface area contributed by atoms with Crippen LogP contribution in [-0.4, -0.2) is 9.55 Å². The third-order valence-electron chi connectivity index (χ3n) is 3.95. The lowest BCUT2D eigenvalue weighted by atomic mass is 10.1. The van der Waals surface area contributed by atoms with Gasteiger partial charge in [-0.25, -0.2) is 4.98 Å². The number of benzene rings is 1. The Kier molecular flexibility index (Phi) is 5.26. The molecule has 0 atom stereocenters.